The highest BCUT2D eigenvalue weighted by Gasteiger charge is 2.42. The summed E-state index contributed by atoms with van der Waals surface area (Å²) in [5.74, 6) is 5.22. The first kappa shape index (κ1) is 27.3. The Balaban J connectivity index is 1.38. The summed E-state index contributed by atoms with van der Waals surface area (Å²) in [6.45, 7) is 2.05. The van der Waals surface area contributed by atoms with Crippen LogP contribution in [0.1, 0.15) is 69.6 Å². The quantitative estimate of drug-likeness (QED) is 0.173. The van der Waals surface area contributed by atoms with Crippen LogP contribution in [0.3, 0.4) is 0 Å². The van der Waals surface area contributed by atoms with Crippen LogP contribution >= 0.6 is 11.8 Å². The number of hydrogen-bond donors (Lipinski definition) is 1. The number of nitrogens with two attached hydrogens (primary N) is 1. The number of anilines is 1. The van der Waals surface area contributed by atoms with E-state index in [4.69, 9.17) is 20.7 Å². The maximum atomic E-state index is 14.0. The van der Waals surface area contributed by atoms with Crippen molar-refractivity contribution in [1.29, 1.82) is 0 Å². The molecule has 46 heavy (non-hydrogen) atoms. The zero-order valence-electron chi connectivity index (χ0n) is 29.5. The average molecular weight is 637 g/mol. The van der Waals surface area contributed by atoms with Gasteiger partial charge in [-0.25, -0.2) is 0 Å². The fourth-order valence-corrected chi connectivity index (χ4v) is 6.41. The first-order valence-corrected chi connectivity index (χ1v) is 15.7. The molecule has 0 aromatic heterocycles. The predicted molar refractivity (Wildman–Crippen MR) is 182 cm³/mol. The van der Waals surface area contributed by atoms with E-state index in [1.807, 2.05) is 54.6 Å². The number of nitrogens with zero attached hydrogens (tertiary/aromatic N) is 1. The number of ketones is 1. The summed E-state index contributed by atoms with van der Waals surface area (Å²) in [5, 5.41) is -1.48. The highest BCUT2D eigenvalue weighted by atomic mass is 32.2. The highest BCUT2D eigenvalue weighted by molar-refractivity contribution is 8.01. The first-order chi connectivity index (χ1) is 23.8. The molecular weight excluding hydrogens is 596 g/mol. The number of carbonyl (C=O) groups excluding carboxylic acids is 3. The summed E-state index contributed by atoms with van der Waals surface area (Å²) in [6, 6.07) is 27.6. The van der Waals surface area contributed by atoms with Gasteiger partial charge in [0.25, 0.3) is 0 Å². The molecule has 0 saturated carbocycles. The molecule has 0 unspecified atom stereocenters. The molecule has 1 aliphatic heterocycles. The SMILES string of the molecule is [2H]C([2H])(CC(=O)C[C@H]1S[C@@H](c2ccc(C#Cc3ccccc3)cc2)N(c2cccc(C(N)=O)c2)C1=O)C([2H])([2H])c1ccc(OC)c(OCC)c1. The Morgan fingerprint density at radius 2 is 1.67 bits per heavy atom. The van der Waals surface area contributed by atoms with Crippen LogP contribution in [0.25, 0.3) is 0 Å². The zero-order valence-corrected chi connectivity index (χ0v) is 26.3. The smallest absolute Gasteiger partial charge is 0.248 e. The molecule has 4 aromatic rings. The van der Waals surface area contributed by atoms with E-state index in [2.05, 4.69) is 11.8 Å². The van der Waals surface area contributed by atoms with Gasteiger partial charge >= 0.3 is 0 Å². The normalized spacial score (nSPS) is 17.5. The number of aryl methyl sites for hydroxylation is 1. The molecule has 8 heteroatoms. The number of carbonyl (C=O) groups is 3. The van der Waals surface area contributed by atoms with Gasteiger partial charge in [0.1, 0.15) is 11.2 Å². The van der Waals surface area contributed by atoms with E-state index >= 15 is 0 Å². The molecule has 1 heterocycles. The van der Waals surface area contributed by atoms with Crippen molar-refractivity contribution in [2.24, 2.45) is 5.73 Å². The van der Waals surface area contributed by atoms with E-state index in [-0.39, 0.29) is 23.3 Å². The summed E-state index contributed by atoms with van der Waals surface area (Å²) < 4.78 is 45.5. The minimum Gasteiger partial charge on any atom is -0.493 e. The minimum atomic E-state index is -2.63. The molecule has 0 spiro atoms. The summed E-state index contributed by atoms with van der Waals surface area (Å²) in [7, 11) is 1.45. The van der Waals surface area contributed by atoms with Gasteiger partial charge in [-0.15, -0.1) is 11.8 Å². The predicted octanol–water partition coefficient (Wildman–Crippen LogP) is 6.72. The van der Waals surface area contributed by atoms with E-state index in [9.17, 15) is 14.4 Å². The van der Waals surface area contributed by atoms with Gasteiger partial charge in [0.15, 0.2) is 11.5 Å². The van der Waals surface area contributed by atoms with Crippen LogP contribution in [-0.4, -0.2) is 36.6 Å². The molecule has 1 saturated heterocycles. The fourth-order valence-electron chi connectivity index (χ4n) is 4.92. The van der Waals surface area contributed by atoms with E-state index < -0.39 is 47.4 Å². The topological polar surface area (TPSA) is 98.9 Å². The van der Waals surface area contributed by atoms with Gasteiger partial charge in [-0.1, -0.05) is 54.3 Å². The van der Waals surface area contributed by atoms with Crippen molar-refractivity contribution in [1.82, 2.24) is 0 Å². The number of Topliss-reactive ketones (excluding diaryl/α,β-unsaturated/α-hetero) is 1. The number of benzene rings is 4. The summed E-state index contributed by atoms with van der Waals surface area (Å²) >= 11 is 1.23. The van der Waals surface area contributed by atoms with Gasteiger partial charge in [-0.05, 0) is 85.4 Å². The van der Waals surface area contributed by atoms with Gasteiger partial charge in [0, 0.05) is 40.7 Å². The third kappa shape index (κ3) is 7.98. The standard InChI is InChI=1S/C38H36N2O5S/c1-3-45-34-23-28(19-22-33(34)44-2)11-7-14-32(41)25-35-37(43)40(31-13-8-12-30(24-31)36(39)42)38(46-35)29-20-17-27(18-21-29)16-15-26-9-5-4-6-10-26/h4-6,8-10,12-13,17-24,35,38H,3,7,11,14,25H2,1-2H3,(H2,39,42)/t35-,38+/m1/s1/i7D2,11D2. The summed E-state index contributed by atoms with van der Waals surface area (Å²) in [6.07, 6.45) is -6.30. The lowest BCUT2D eigenvalue weighted by Gasteiger charge is -2.24. The summed E-state index contributed by atoms with van der Waals surface area (Å²) in [5.41, 5.74) is 8.55. The second-order valence-corrected chi connectivity index (χ2v) is 11.6. The number of amides is 2. The number of ether oxygens (including phenoxy) is 2. The molecule has 1 aliphatic rings. The van der Waals surface area contributed by atoms with Crippen molar-refractivity contribution in [3.63, 3.8) is 0 Å². The molecule has 0 radical (unpaired) electrons. The van der Waals surface area contributed by atoms with Gasteiger partial charge in [-0.2, -0.15) is 0 Å². The van der Waals surface area contributed by atoms with Gasteiger partial charge in [-0.3, -0.25) is 19.3 Å². The second-order valence-electron chi connectivity index (χ2n) is 10.4. The molecule has 1 fully saturated rings. The number of methoxy groups -OCH3 is 1. The minimum absolute atomic E-state index is 0.0108. The fraction of sp³-hybridized carbons (Fsp3) is 0.237. The molecule has 2 N–H and O–H groups in total. The molecule has 0 bridgehead atoms. The molecule has 234 valence electrons. The Morgan fingerprint density at radius 1 is 0.935 bits per heavy atom. The van der Waals surface area contributed by atoms with Crippen molar-refractivity contribution in [2.45, 2.75) is 43.1 Å². The second kappa shape index (κ2) is 15.3. The van der Waals surface area contributed by atoms with Gasteiger partial charge in [0.05, 0.1) is 19.0 Å². The molecule has 2 amide bonds. The van der Waals surface area contributed by atoms with Crippen LogP contribution < -0.4 is 20.1 Å². The molecule has 7 nitrogen and oxygen atoms in total. The third-order valence-electron chi connectivity index (χ3n) is 7.17. The molecule has 2 atom stereocenters. The van der Waals surface area contributed by atoms with E-state index in [1.165, 1.54) is 48.0 Å². The third-order valence-corrected chi connectivity index (χ3v) is 8.60. The van der Waals surface area contributed by atoms with E-state index in [1.54, 1.807) is 25.1 Å². The van der Waals surface area contributed by atoms with Gasteiger partial charge < -0.3 is 15.2 Å². The monoisotopic (exact) mass is 636 g/mol. The Labute approximate surface area is 279 Å². The zero-order chi connectivity index (χ0) is 36.1. The lowest BCUT2D eigenvalue weighted by atomic mass is 10.0. The Bertz CT molecular complexity index is 1940. The number of thioether (sulfide) groups is 1. The highest BCUT2D eigenvalue weighted by Crippen LogP contribution is 2.47. The van der Waals surface area contributed by atoms with Gasteiger partial charge in [0.2, 0.25) is 11.8 Å². The van der Waals surface area contributed by atoms with Crippen LogP contribution in [-0.2, 0) is 16.0 Å². The number of primary amides is 1. The first-order valence-electron chi connectivity index (χ1n) is 16.7. The Kier molecular flexibility index (Phi) is 9.10. The molecule has 0 aliphatic carbocycles. The summed E-state index contributed by atoms with van der Waals surface area (Å²) in [4.78, 5) is 41.0. The van der Waals surface area contributed by atoms with Crippen LogP contribution in [0.4, 0.5) is 5.69 Å². The number of rotatable bonds is 12. The average Bonchev–Trinajstić information content (AvgIpc) is 3.42. The van der Waals surface area contributed by atoms with Crippen LogP contribution in [0.2, 0.25) is 0 Å². The number of hydrogen-bond acceptors (Lipinski definition) is 6. The van der Waals surface area contributed by atoms with Crippen LogP contribution in [0.5, 0.6) is 11.5 Å². The van der Waals surface area contributed by atoms with E-state index in [0.29, 0.717) is 18.0 Å². The lowest BCUT2D eigenvalue weighted by molar-refractivity contribution is -0.123. The van der Waals surface area contributed by atoms with Crippen LogP contribution in [0, 0.1) is 11.8 Å². The molecule has 5 rings (SSSR count). The molecular formula is C38H36N2O5S. The maximum absolute atomic E-state index is 14.0. The van der Waals surface area contributed by atoms with Crippen LogP contribution in [0.15, 0.2) is 97.1 Å². The Morgan fingerprint density at radius 3 is 2.37 bits per heavy atom. The Hall–Kier alpha value is -5.00. The van der Waals surface area contributed by atoms with Crippen molar-refractivity contribution in [3.05, 3.63) is 125 Å². The van der Waals surface area contributed by atoms with Crippen molar-refractivity contribution >= 4 is 35.0 Å². The van der Waals surface area contributed by atoms with Crippen molar-refractivity contribution in [3.8, 4) is 23.3 Å². The largest absolute Gasteiger partial charge is 0.493 e. The molecule has 4 aromatic carbocycles. The van der Waals surface area contributed by atoms with E-state index in [0.717, 1.165) is 16.7 Å². The maximum Gasteiger partial charge on any atom is 0.248 e. The van der Waals surface area contributed by atoms with Crippen molar-refractivity contribution < 1.29 is 29.3 Å². The van der Waals surface area contributed by atoms with Crippen molar-refractivity contribution in [2.75, 3.05) is 18.6 Å². The lowest BCUT2D eigenvalue weighted by Crippen LogP contribution is -2.32.